The third kappa shape index (κ3) is 2.45. The predicted octanol–water partition coefficient (Wildman–Crippen LogP) is 2.70. The number of aliphatic hydroxyl groups is 1. The molecule has 0 bridgehead atoms. The van der Waals surface area contributed by atoms with Crippen LogP contribution in [0.1, 0.15) is 60.0 Å². The van der Waals surface area contributed by atoms with Gasteiger partial charge in [-0.1, -0.05) is 13.8 Å². The van der Waals surface area contributed by atoms with E-state index in [1.165, 1.54) is 6.07 Å². The van der Waals surface area contributed by atoms with Gasteiger partial charge >= 0.3 is 5.97 Å². The second-order valence-corrected chi connectivity index (χ2v) is 5.61. The van der Waals surface area contributed by atoms with Crippen molar-refractivity contribution >= 4 is 5.97 Å². The van der Waals surface area contributed by atoms with Gasteiger partial charge in [-0.3, -0.25) is 0 Å². The van der Waals surface area contributed by atoms with Crippen molar-refractivity contribution in [1.82, 2.24) is 0 Å². The van der Waals surface area contributed by atoms with E-state index in [0.29, 0.717) is 5.92 Å². The van der Waals surface area contributed by atoms with E-state index in [-0.39, 0.29) is 29.8 Å². The van der Waals surface area contributed by atoms with Crippen molar-refractivity contribution in [3.05, 3.63) is 28.8 Å². The summed E-state index contributed by atoms with van der Waals surface area (Å²) in [7, 11) is 0. The number of aromatic hydroxyl groups is 1. The van der Waals surface area contributed by atoms with Crippen LogP contribution in [0.4, 0.5) is 0 Å². The normalized spacial score (nSPS) is 22.3. The third-order valence-corrected chi connectivity index (χ3v) is 4.10. The van der Waals surface area contributed by atoms with E-state index in [0.717, 1.165) is 24.0 Å². The summed E-state index contributed by atoms with van der Waals surface area (Å²) in [6, 6.07) is 2.94. The number of hydrogen-bond donors (Lipinski definition) is 3. The fourth-order valence-electron chi connectivity index (χ4n) is 3.09. The van der Waals surface area contributed by atoms with Crippen molar-refractivity contribution in [2.24, 2.45) is 5.92 Å². The monoisotopic (exact) mass is 264 g/mol. The number of carbonyl (C=O) groups is 1. The summed E-state index contributed by atoms with van der Waals surface area (Å²) in [5, 5.41) is 28.6. The zero-order valence-corrected chi connectivity index (χ0v) is 11.3. The number of phenolic OH excluding ortho intramolecular Hbond substituents is 1. The Balaban J connectivity index is 2.60. The Morgan fingerprint density at radius 1 is 1.37 bits per heavy atom. The Labute approximate surface area is 112 Å². The number of hydrogen-bond acceptors (Lipinski definition) is 3. The molecular formula is C15H20O4. The zero-order valence-electron chi connectivity index (χ0n) is 11.3. The lowest BCUT2D eigenvalue weighted by Gasteiger charge is -2.33. The average molecular weight is 264 g/mol. The Kier molecular flexibility index (Phi) is 3.80. The molecule has 1 aromatic carbocycles. The maximum atomic E-state index is 11.1. The highest BCUT2D eigenvalue weighted by Gasteiger charge is 2.31. The first-order valence-corrected chi connectivity index (χ1v) is 6.66. The maximum absolute atomic E-state index is 11.1. The van der Waals surface area contributed by atoms with Gasteiger partial charge in [0, 0.05) is 11.5 Å². The highest BCUT2D eigenvalue weighted by atomic mass is 16.4. The van der Waals surface area contributed by atoms with Crippen molar-refractivity contribution in [3.63, 3.8) is 0 Å². The van der Waals surface area contributed by atoms with Crippen LogP contribution < -0.4 is 0 Å². The average Bonchev–Trinajstić information content (AvgIpc) is 2.36. The Hall–Kier alpha value is -1.55. The standard InChI is InChI=1S/C15H20O4/c1-8(2)11-4-3-9(7-16)14-12(11)5-10(15(18)19)6-13(14)17/h5-6,8-9,11,16-17H,3-4,7H2,1-2H3,(H,18,19)/t9-,11+/m0/s1. The lowest BCUT2D eigenvalue weighted by atomic mass is 9.72. The highest BCUT2D eigenvalue weighted by Crippen LogP contribution is 2.46. The largest absolute Gasteiger partial charge is 0.508 e. The summed E-state index contributed by atoms with van der Waals surface area (Å²) >= 11 is 0. The molecule has 0 aliphatic heterocycles. The van der Waals surface area contributed by atoms with Gasteiger partial charge < -0.3 is 15.3 Å². The van der Waals surface area contributed by atoms with Crippen LogP contribution in [-0.4, -0.2) is 27.9 Å². The summed E-state index contributed by atoms with van der Waals surface area (Å²) in [6.07, 6.45) is 1.74. The van der Waals surface area contributed by atoms with Gasteiger partial charge in [0.1, 0.15) is 5.75 Å². The van der Waals surface area contributed by atoms with E-state index < -0.39 is 5.97 Å². The molecule has 0 fully saturated rings. The SMILES string of the molecule is CC(C)[C@H]1CC[C@@H](CO)c2c(O)cc(C(=O)O)cc21. The van der Waals surface area contributed by atoms with Crippen LogP contribution >= 0.6 is 0 Å². The summed E-state index contributed by atoms with van der Waals surface area (Å²) in [5.41, 5.74) is 1.73. The fraction of sp³-hybridized carbons (Fsp3) is 0.533. The molecule has 0 heterocycles. The predicted molar refractivity (Wildman–Crippen MR) is 71.7 cm³/mol. The molecule has 0 amide bonds. The van der Waals surface area contributed by atoms with E-state index in [4.69, 9.17) is 5.11 Å². The molecule has 0 aromatic heterocycles. The molecule has 2 atom stereocenters. The Morgan fingerprint density at radius 2 is 2.05 bits per heavy atom. The van der Waals surface area contributed by atoms with E-state index in [1.807, 2.05) is 0 Å². The van der Waals surface area contributed by atoms with Crippen LogP contribution in [0.15, 0.2) is 12.1 Å². The van der Waals surface area contributed by atoms with Gasteiger partial charge in [-0.05, 0) is 42.4 Å². The van der Waals surface area contributed by atoms with Gasteiger partial charge in [0.15, 0.2) is 0 Å². The molecule has 1 aliphatic rings. The topological polar surface area (TPSA) is 77.8 Å². The minimum atomic E-state index is -1.04. The van der Waals surface area contributed by atoms with Crippen LogP contribution in [0.5, 0.6) is 5.75 Å². The van der Waals surface area contributed by atoms with Crippen LogP contribution in [0.2, 0.25) is 0 Å². The number of fused-ring (bicyclic) bond motifs is 1. The number of rotatable bonds is 3. The van der Waals surface area contributed by atoms with Gasteiger partial charge in [0.25, 0.3) is 0 Å². The number of aliphatic hydroxyl groups excluding tert-OH is 1. The van der Waals surface area contributed by atoms with Gasteiger partial charge in [-0.2, -0.15) is 0 Å². The molecule has 4 nitrogen and oxygen atoms in total. The van der Waals surface area contributed by atoms with Crippen molar-refractivity contribution in [2.45, 2.75) is 38.5 Å². The summed E-state index contributed by atoms with van der Waals surface area (Å²) in [6.45, 7) is 4.17. The van der Waals surface area contributed by atoms with Gasteiger partial charge in [-0.25, -0.2) is 4.79 Å². The lowest BCUT2D eigenvalue weighted by Crippen LogP contribution is -2.21. The minimum Gasteiger partial charge on any atom is -0.508 e. The van der Waals surface area contributed by atoms with Crippen molar-refractivity contribution in [2.75, 3.05) is 6.61 Å². The van der Waals surface area contributed by atoms with E-state index >= 15 is 0 Å². The zero-order chi connectivity index (χ0) is 14.2. The molecule has 3 N–H and O–H groups in total. The first-order chi connectivity index (χ1) is 8.95. The maximum Gasteiger partial charge on any atom is 0.335 e. The quantitative estimate of drug-likeness (QED) is 0.784. The molecule has 0 unspecified atom stereocenters. The molecular weight excluding hydrogens is 244 g/mol. The second-order valence-electron chi connectivity index (χ2n) is 5.61. The summed E-state index contributed by atoms with van der Waals surface area (Å²) in [4.78, 5) is 11.1. The smallest absolute Gasteiger partial charge is 0.335 e. The van der Waals surface area contributed by atoms with Crippen molar-refractivity contribution in [1.29, 1.82) is 0 Å². The molecule has 104 valence electrons. The molecule has 0 radical (unpaired) electrons. The fourth-order valence-corrected chi connectivity index (χ4v) is 3.09. The number of benzene rings is 1. The van der Waals surface area contributed by atoms with E-state index in [9.17, 15) is 15.0 Å². The molecule has 0 saturated heterocycles. The van der Waals surface area contributed by atoms with Crippen molar-refractivity contribution in [3.8, 4) is 5.75 Å². The number of carboxylic acids is 1. The molecule has 4 heteroatoms. The Morgan fingerprint density at radius 3 is 2.58 bits per heavy atom. The first-order valence-electron chi connectivity index (χ1n) is 6.66. The summed E-state index contributed by atoms with van der Waals surface area (Å²) in [5.74, 6) is -0.510. The van der Waals surface area contributed by atoms with E-state index in [2.05, 4.69) is 13.8 Å². The molecule has 0 saturated carbocycles. The van der Waals surface area contributed by atoms with E-state index in [1.54, 1.807) is 6.07 Å². The molecule has 1 aliphatic carbocycles. The van der Waals surface area contributed by atoms with Crippen molar-refractivity contribution < 1.29 is 20.1 Å². The summed E-state index contributed by atoms with van der Waals surface area (Å²) < 4.78 is 0. The van der Waals surface area contributed by atoms with Gasteiger partial charge in [0.05, 0.1) is 12.2 Å². The number of phenols is 1. The molecule has 0 spiro atoms. The molecule has 1 aromatic rings. The first kappa shape index (κ1) is 13.9. The van der Waals surface area contributed by atoms with Crippen LogP contribution in [0.25, 0.3) is 0 Å². The third-order valence-electron chi connectivity index (χ3n) is 4.10. The lowest BCUT2D eigenvalue weighted by molar-refractivity contribution is 0.0696. The van der Waals surface area contributed by atoms with Crippen LogP contribution in [0.3, 0.4) is 0 Å². The van der Waals surface area contributed by atoms with Gasteiger partial charge in [0.2, 0.25) is 0 Å². The molecule has 19 heavy (non-hydrogen) atoms. The highest BCUT2D eigenvalue weighted by molar-refractivity contribution is 5.88. The van der Waals surface area contributed by atoms with Crippen LogP contribution in [0, 0.1) is 5.92 Å². The van der Waals surface area contributed by atoms with Crippen LogP contribution in [-0.2, 0) is 0 Å². The Bertz CT molecular complexity index is 493. The van der Waals surface area contributed by atoms with Gasteiger partial charge in [-0.15, -0.1) is 0 Å². The second kappa shape index (κ2) is 5.21. The minimum absolute atomic E-state index is 0.000648. The molecule has 2 rings (SSSR count). The number of aromatic carboxylic acids is 1. The number of carboxylic acid groups (broad SMARTS) is 1.